The number of hydrogen-bond acceptors (Lipinski definition) is 3. The van der Waals surface area contributed by atoms with Crippen LogP contribution in [0.4, 0.5) is 24.5 Å². The van der Waals surface area contributed by atoms with Crippen molar-refractivity contribution in [1.82, 2.24) is 0 Å². The van der Waals surface area contributed by atoms with Crippen LogP contribution in [0.15, 0.2) is 42.5 Å². The van der Waals surface area contributed by atoms with Gasteiger partial charge < -0.3 is 5.32 Å². The van der Waals surface area contributed by atoms with Crippen LogP contribution in [0.2, 0.25) is 0 Å². The second-order valence-corrected chi connectivity index (χ2v) is 6.25. The molecule has 0 aliphatic rings. The number of carbonyl (C=O) groups excluding carboxylic acids is 1. The van der Waals surface area contributed by atoms with Crippen molar-refractivity contribution in [2.75, 3.05) is 16.3 Å². The SMILES string of the molecule is C/C=C/C=C/C(=O)Nc1cc(C(F)(F)F)ccc1NS(C)(=O)=O. The number of anilines is 2. The molecule has 5 nitrogen and oxygen atoms in total. The van der Waals surface area contributed by atoms with Crippen molar-refractivity contribution in [2.45, 2.75) is 13.1 Å². The number of hydrogen-bond donors (Lipinski definition) is 2. The van der Waals surface area contributed by atoms with E-state index >= 15 is 0 Å². The minimum Gasteiger partial charge on any atom is -0.321 e. The number of amides is 1. The van der Waals surface area contributed by atoms with E-state index in [2.05, 4.69) is 10.0 Å². The first kappa shape index (κ1) is 18.8. The van der Waals surface area contributed by atoms with Crippen LogP contribution in [0.5, 0.6) is 0 Å². The molecular weight excluding hydrogens is 333 g/mol. The summed E-state index contributed by atoms with van der Waals surface area (Å²) in [6, 6.07) is 2.32. The van der Waals surface area contributed by atoms with Gasteiger partial charge in [-0.25, -0.2) is 8.42 Å². The van der Waals surface area contributed by atoms with Crippen molar-refractivity contribution in [3.8, 4) is 0 Å². The highest BCUT2D eigenvalue weighted by Crippen LogP contribution is 2.34. The summed E-state index contributed by atoms with van der Waals surface area (Å²) in [5.74, 6) is -0.695. The van der Waals surface area contributed by atoms with Gasteiger partial charge in [-0.3, -0.25) is 9.52 Å². The number of carbonyl (C=O) groups is 1. The third-order valence-electron chi connectivity index (χ3n) is 2.45. The second kappa shape index (κ2) is 7.32. The van der Waals surface area contributed by atoms with E-state index < -0.39 is 27.7 Å². The zero-order chi connectivity index (χ0) is 17.7. The molecule has 2 N–H and O–H groups in total. The molecule has 0 aromatic heterocycles. The lowest BCUT2D eigenvalue weighted by Gasteiger charge is -2.14. The van der Waals surface area contributed by atoms with E-state index in [0.717, 1.165) is 24.5 Å². The largest absolute Gasteiger partial charge is 0.416 e. The lowest BCUT2D eigenvalue weighted by Crippen LogP contribution is -2.16. The maximum Gasteiger partial charge on any atom is 0.416 e. The molecular formula is C14H15F3N2O3S. The minimum absolute atomic E-state index is 0.159. The van der Waals surface area contributed by atoms with Gasteiger partial charge in [0.2, 0.25) is 15.9 Å². The number of allylic oxidation sites excluding steroid dienone is 3. The normalized spacial score (nSPS) is 12.7. The standard InChI is InChI=1S/C14H15F3N2O3S/c1-3-4-5-6-13(20)18-12-9-10(14(15,16)17)7-8-11(12)19-23(2,21)22/h3-9,19H,1-2H3,(H,18,20)/b4-3+,6-5+. The highest BCUT2D eigenvalue weighted by atomic mass is 32.2. The smallest absolute Gasteiger partial charge is 0.321 e. The number of sulfonamides is 1. The average molecular weight is 348 g/mol. The Balaban J connectivity index is 3.20. The Kier molecular flexibility index (Phi) is 5.97. The molecule has 0 unspecified atom stereocenters. The number of alkyl halides is 3. The van der Waals surface area contributed by atoms with Gasteiger partial charge in [-0.15, -0.1) is 0 Å². The molecule has 1 aromatic carbocycles. The molecule has 1 aromatic rings. The van der Waals surface area contributed by atoms with E-state index in [9.17, 15) is 26.4 Å². The van der Waals surface area contributed by atoms with Gasteiger partial charge in [-0.05, 0) is 25.1 Å². The summed E-state index contributed by atoms with van der Waals surface area (Å²) in [5, 5.41) is 2.22. The second-order valence-electron chi connectivity index (χ2n) is 4.51. The van der Waals surface area contributed by atoms with Gasteiger partial charge in [0.1, 0.15) is 0 Å². The molecule has 0 fully saturated rings. The number of rotatable bonds is 5. The summed E-state index contributed by atoms with van der Waals surface area (Å²) in [5.41, 5.74) is -1.46. The van der Waals surface area contributed by atoms with Crippen LogP contribution >= 0.6 is 0 Å². The first-order valence-corrected chi connectivity index (χ1v) is 8.21. The topological polar surface area (TPSA) is 75.3 Å². The van der Waals surface area contributed by atoms with Gasteiger partial charge in [-0.1, -0.05) is 18.2 Å². The van der Waals surface area contributed by atoms with Crippen LogP contribution in [0.25, 0.3) is 0 Å². The summed E-state index contributed by atoms with van der Waals surface area (Å²) in [7, 11) is -3.72. The number of nitrogens with one attached hydrogen (secondary N) is 2. The third kappa shape index (κ3) is 6.55. The predicted molar refractivity (Wildman–Crippen MR) is 82.5 cm³/mol. The molecule has 0 saturated carbocycles. The number of halogens is 3. The highest BCUT2D eigenvalue weighted by molar-refractivity contribution is 7.92. The molecule has 9 heteroatoms. The molecule has 0 spiro atoms. The molecule has 0 saturated heterocycles. The van der Waals surface area contributed by atoms with E-state index in [1.54, 1.807) is 19.1 Å². The highest BCUT2D eigenvalue weighted by Gasteiger charge is 2.31. The van der Waals surface area contributed by atoms with Crippen LogP contribution < -0.4 is 10.0 Å². The van der Waals surface area contributed by atoms with Gasteiger partial charge in [0.25, 0.3) is 0 Å². The Morgan fingerprint density at radius 2 is 1.83 bits per heavy atom. The van der Waals surface area contributed by atoms with E-state index in [4.69, 9.17) is 0 Å². The van der Waals surface area contributed by atoms with Crippen LogP contribution in [0.3, 0.4) is 0 Å². The Labute approximate surface area is 131 Å². The Bertz CT molecular complexity index is 738. The van der Waals surface area contributed by atoms with Crippen molar-refractivity contribution in [3.05, 3.63) is 48.1 Å². The first-order chi connectivity index (χ1) is 10.5. The van der Waals surface area contributed by atoms with E-state index in [-0.39, 0.29) is 11.4 Å². The molecule has 126 valence electrons. The van der Waals surface area contributed by atoms with Gasteiger partial charge >= 0.3 is 6.18 Å². The molecule has 0 atom stereocenters. The Hall–Kier alpha value is -2.29. The third-order valence-corrected chi connectivity index (χ3v) is 3.04. The average Bonchev–Trinajstić information content (AvgIpc) is 2.38. The van der Waals surface area contributed by atoms with Gasteiger partial charge in [-0.2, -0.15) is 13.2 Å². The number of benzene rings is 1. The zero-order valence-electron chi connectivity index (χ0n) is 12.3. The van der Waals surface area contributed by atoms with Crippen molar-refractivity contribution >= 4 is 27.3 Å². The summed E-state index contributed by atoms with van der Waals surface area (Å²) in [6.45, 7) is 1.73. The maximum absolute atomic E-state index is 12.7. The van der Waals surface area contributed by atoms with Crippen molar-refractivity contribution in [1.29, 1.82) is 0 Å². The zero-order valence-corrected chi connectivity index (χ0v) is 13.1. The summed E-state index contributed by atoms with van der Waals surface area (Å²) in [4.78, 5) is 11.7. The van der Waals surface area contributed by atoms with Crippen LogP contribution in [0, 0.1) is 0 Å². The van der Waals surface area contributed by atoms with Crippen molar-refractivity contribution in [2.24, 2.45) is 0 Å². The van der Waals surface area contributed by atoms with Crippen molar-refractivity contribution < 1.29 is 26.4 Å². The van der Waals surface area contributed by atoms with E-state index in [1.165, 1.54) is 6.08 Å². The predicted octanol–water partition coefficient (Wildman–Crippen LogP) is 3.15. The molecule has 0 heterocycles. The summed E-state index contributed by atoms with van der Waals surface area (Å²) >= 11 is 0. The fourth-order valence-corrected chi connectivity index (χ4v) is 2.12. The molecule has 0 aliphatic carbocycles. The molecule has 1 rings (SSSR count). The lowest BCUT2D eigenvalue weighted by molar-refractivity contribution is -0.137. The quantitative estimate of drug-likeness (QED) is 0.634. The Morgan fingerprint density at radius 1 is 1.17 bits per heavy atom. The van der Waals surface area contributed by atoms with Crippen LogP contribution in [-0.2, 0) is 21.0 Å². The van der Waals surface area contributed by atoms with Crippen molar-refractivity contribution in [3.63, 3.8) is 0 Å². The van der Waals surface area contributed by atoms with Gasteiger partial charge in [0, 0.05) is 6.08 Å². The molecule has 1 amide bonds. The summed E-state index contributed by atoms with van der Waals surface area (Å²) < 4.78 is 62.8. The Morgan fingerprint density at radius 3 is 2.35 bits per heavy atom. The summed E-state index contributed by atoms with van der Waals surface area (Å²) in [6.07, 6.45) is 1.94. The first-order valence-electron chi connectivity index (χ1n) is 6.32. The molecule has 23 heavy (non-hydrogen) atoms. The minimum atomic E-state index is -4.62. The molecule has 0 aliphatic heterocycles. The lowest BCUT2D eigenvalue weighted by atomic mass is 10.1. The molecule has 0 radical (unpaired) electrons. The fraction of sp³-hybridized carbons (Fsp3) is 0.214. The molecule has 0 bridgehead atoms. The van der Waals surface area contributed by atoms with Gasteiger partial charge in [0.05, 0.1) is 23.2 Å². The van der Waals surface area contributed by atoms with Gasteiger partial charge in [0.15, 0.2) is 0 Å². The van der Waals surface area contributed by atoms with E-state index in [1.807, 2.05) is 0 Å². The maximum atomic E-state index is 12.7. The fourth-order valence-electron chi connectivity index (χ4n) is 1.54. The monoisotopic (exact) mass is 348 g/mol. The van der Waals surface area contributed by atoms with E-state index in [0.29, 0.717) is 6.07 Å². The van der Waals surface area contributed by atoms with Crippen LogP contribution in [-0.4, -0.2) is 20.6 Å². The van der Waals surface area contributed by atoms with Crippen LogP contribution in [0.1, 0.15) is 12.5 Å².